The van der Waals surface area contributed by atoms with Gasteiger partial charge in [0.25, 0.3) is 0 Å². The van der Waals surface area contributed by atoms with Gasteiger partial charge >= 0.3 is 0 Å². The van der Waals surface area contributed by atoms with Crippen molar-refractivity contribution in [3.05, 3.63) is 11.3 Å². The molecule has 0 saturated carbocycles. The second-order valence-corrected chi connectivity index (χ2v) is 12.3. The predicted octanol–water partition coefficient (Wildman–Crippen LogP) is 4.00. The Morgan fingerprint density at radius 1 is 1.31 bits per heavy atom. The molecular formula is C14H28OSi. The summed E-state index contributed by atoms with van der Waals surface area (Å²) in [5.74, 6) is 1.14. The highest BCUT2D eigenvalue weighted by Gasteiger charge is 2.42. The first-order chi connectivity index (χ1) is 7.20. The van der Waals surface area contributed by atoms with Gasteiger partial charge < -0.3 is 5.11 Å². The van der Waals surface area contributed by atoms with E-state index in [4.69, 9.17) is 0 Å². The normalized spacial score (nSPS) is 27.8. The largest absolute Gasteiger partial charge is 0.396 e. The second kappa shape index (κ2) is 4.65. The van der Waals surface area contributed by atoms with E-state index in [1.54, 1.807) is 5.20 Å². The molecule has 94 valence electrons. The van der Waals surface area contributed by atoms with Crippen LogP contribution < -0.4 is 0 Å². The minimum Gasteiger partial charge on any atom is -0.396 e. The first-order valence-corrected chi connectivity index (χ1v) is 9.53. The van der Waals surface area contributed by atoms with E-state index >= 15 is 0 Å². The molecule has 0 aliphatic heterocycles. The molecule has 1 nitrogen and oxygen atoms in total. The standard InChI is InChI=1S/C14H28OSi/c1-11-7-8-12(10-15)13(9-11)16(5,6)14(2,3)4/h9,11-12,15H,7-8,10H2,1-6H3/t11-,12+/m1/s1. The fourth-order valence-corrected chi connectivity index (χ4v) is 5.31. The Morgan fingerprint density at radius 2 is 1.88 bits per heavy atom. The smallest absolute Gasteiger partial charge is 0.0808 e. The summed E-state index contributed by atoms with van der Waals surface area (Å²) in [7, 11) is -1.43. The van der Waals surface area contributed by atoms with Gasteiger partial charge in [0.1, 0.15) is 0 Å². The minimum absolute atomic E-state index is 0.338. The summed E-state index contributed by atoms with van der Waals surface area (Å²) in [6.45, 7) is 14.6. The van der Waals surface area contributed by atoms with E-state index in [0.29, 0.717) is 23.5 Å². The zero-order valence-corrected chi connectivity index (χ0v) is 12.8. The van der Waals surface area contributed by atoms with Crippen molar-refractivity contribution in [2.45, 2.75) is 58.7 Å². The minimum atomic E-state index is -1.43. The van der Waals surface area contributed by atoms with E-state index in [-0.39, 0.29) is 0 Å². The highest BCUT2D eigenvalue weighted by molar-refractivity contribution is 6.86. The lowest BCUT2D eigenvalue weighted by molar-refractivity contribution is 0.232. The van der Waals surface area contributed by atoms with Gasteiger partial charge in [-0.15, -0.1) is 0 Å². The average Bonchev–Trinajstić information content (AvgIpc) is 2.16. The van der Waals surface area contributed by atoms with Gasteiger partial charge in [-0.1, -0.05) is 52.1 Å². The Morgan fingerprint density at radius 3 is 2.31 bits per heavy atom. The first-order valence-electron chi connectivity index (χ1n) is 6.53. The fourth-order valence-electron chi connectivity index (χ4n) is 2.49. The van der Waals surface area contributed by atoms with Crippen molar-refractivity contribution >= 4 is 8.07 Å². The molecule has 1 aliphatic rings. The SMILES string of the molecule is C[C@H]1C=C([Si](C)(C)C(C)(C)C)[C@H](CO)CC1. The van der Waals surface area contributed by atoms with Crippen LogP contribution in [0.5, 0.6) is 0 Å². The summed E-state index contributed by atoms with van der Waals surface area (Å²) < 4.78 is 0. The van der Waals surface area contributed by atoms with Crippen LogP contribution in [0.15, 0.2) is 11.3 Å². The second-order valence-electron chi connectivity index (χ2n) is 6.93. The number of hydrogen-bond acceptors (Lipinski definition) is 1. The molecule has 0 saturated heterocycles. The maximum Gasteiger partial charge on any atom is 0.0808 e. The number of hydrogen-bond donors (Lipinski definition) is 1. The molecule has 16 heavy (non-hydrogen) atoms. The summed E-state index contributed by atoms with van der Waals surface area (Å²) in [4.78, 5) is 0. The molecule has 0 radical (unpaired) electrons. The molecular weight excluding hydrogens is 212 g/mol. The lowest BCUT2D eigenvalue weighted by Gasteiger charge is -2.44. The van der Waals surface area contributed by atoms with E-state index in [0.717, 1.165) is 0 Å². The molecule has 0 aromatic rings. The van der Waals surface area contributed by atoms with Crippen molar-refractivity contribution < 1.29 is 5.11 Å². The number of aliphatic hydroxyl groups is 1. The van der Waals surface area contributed by atoms with Crippen LogP contribution >= 0.6 is 0 Å². The molecule has 0 spiro atoms. The van der Waals surface area contributed by atoms with Gasteiger partial charge in [-0.05, 0) is 29.7 Å². The van der Waals surface area contributed by atoms with Crippen LogP contribution in [0.25, 0.3) is 0 Å². The average molecular weight is 240 g/mol. The Labute approximate surface area is 102 Å². The van der Waals surface area contributed by atoms with Crippen molar-refractivity contribution in [3.8, 4) is 0 Å². The molecule has 0 aromatic carbocycles. The van der Waals surface area contributed by atoms with Crippen LogP contribution in [0.4, 0.5) is 0 Å². The maximum atomic E-state index is 9.56. The summed E-state index contributed by atoms with van der Waals surface area (Å²) in [6, 6.07) is 0. The molecule has 0 bridgehead atoms. The highest BCUT2D eigenvalue weighted by Crippen LogP contribution is 2.45. The van der Waals surface area contributed by atoms with Gasteiger partial charge in [-0.2, -0.15) is 0 Å². The molecule has 1 aliphatic carbocycles. The number of rotatable bonds is 2. The monoisotopic (exact) mass is 240 g/mol. The van der Waals surface area contributed by atoms with Gasteiger partial charge in [0, 0.05) is 6.61 Å². The molecule has 0 heterocycles. The number of allylic oxidation sites excluding steroid dienone is 1. The third kappa shape index (κ3) is 2.59. The summed E-state index contributed by atoms with van der Waals surface area (Å²) in [6.07, 6.45) is 4.89. The van der Waals surface area contributed by atoms with E-state index in [2.05, 4.69) is 46.9 Å². The van der Waals surface area contributed by atoms with Gasteiger partial charge in [-0.3, -0.25) is 0 Å². The topological polar surface area (TPSA) is 20.2 Å². The van der Waals surface area contributed by atoms with Crippen LogP contribution in [0.1, 0.15) is 40.5 Å². The molecule has 2 heteroatoms. The summed E-state index contributed by atoms with van der Waals surface area (Å²) in [5.41, 5.74) is 0. The van der Waals surface area contributed by atoms with Crippen molar-refractivity contribution in [3.63, 3.8) is 0 Å². The van der Waals surface area contributed by atoms with Crippen molar-refractivity contribution in [2.75, 3.05) is 6.61 Å². The molecule has 0 unspecified atom stereocenters. The van der Waals surface area contributed by atoms with Crippen LogP contribution in [0.3, 0.4) is 0 Å². The van der Waals surface area contributed by atoms with Crippen molar-refractivity contribution in [2.24, 2.45) is 11.8 Å². The zero-order chi connectivity index (χ0) is 12.6. The van der Waals surface area contributed by atoms with E-state index in [1.807, 2.05) is 0 Å². The molecule has 1 N–H and O–H groups in total. The fraction of sp³-hybridized carbons (Fsp3) is 0.857. The Balaban J connectivity index is 3.08. The lowest BCUT2D eigenvalue weighted by atomic mass is 9.90. The lowest BCUT2D eigenvalue weighted by Crippen LogP contribution is -2.44. The third-order valence-electron chi connectivity index (χ3n) is 4.69. The van der Waals surface area contributed by atoms with Crippen LogP contribution in [-0.4, -0.2) is 19.8 Å². The predicted molar refractivity (Wildman–Crippen MR) is 74.3 cm³/mol. The molecule has 0 amide bonds. The number of aliphatic hydroxyl groups excluding tert-OH is 1. The maximum absolute atomic E-state index is 9.56. The summed E-state index contributed by atoms with van der Waals surface area (Å²) >= 11 is 0. The first kappa shape index (κ1) is 14.0. The van der Waals surface area contributed by atoms with Crippen LogP contribution in [0, 0.1) is 11.8 Å². The highest BCUT2D eigenvalue weighted by atomic mass is 28.3. The Bertz CT molecular complexity index is 273. The van der Waals surface area contributed by atoms with Gasteiger partial charge in [0.2, 0.25) is 0 Å². The van der Waals surface area contributed by atoms with E-state index < -0.39 is 8.07 Å². The third-order valence-corrected chi connectivity index (χ3v) is 10.5. The van der Waals surface area contributed by atoms with Crippen molar-refractivity contribution in [1.82, 2.24) is 0 Å². The van der Waals surface area contributed by atoms with Crippen LogP contribution in [-0.2, 0) is 0 Å². The molecule has 0 aromatic heterocycles. The van der Waals surface area contributed by atoms with Crippen LogP contribution in [0.2, 0.25) is 18.1 Å². The van der Waals surface area contributed by atoms with Gasteiger partial charge in [0.05, 0.1) is 8.07 Å². The zero-order valence-electron chi connectivity index (χ0n) is 11.8. The molecule has 1 rings (SSSR count). The molecule has 0 fully saturated rings. The quantitative estimate of drug-likeness (QED) is 0.723. The van der Waals surface area contributed by atoms with Gasteiger partial charge in [-0.25, -0.2) is 0 Å². The Hall–Kier alpha value is -0.0831. The van der Waals surface area contributed by atoms with E-state index in [9.17, 15) is 5.11 Å². The van der Waals surface area contributed by atoms with E-state index in [1.165, 1.54) is 12.8 Å². The Kier molecular flexibility index (Phi) is 4.07. The van der Waals surface area contributed by atoms with Gasteiger partial charge in [0.15, 0.2) is 0 Å². The molecule has 2 atom stereocenters. The summed E-state index contributed by atoms with van der Waals surface area (Å²) in [5, 5.41) is 11.5. The van der Waals surface area contributed by atoms with Crippen molar-refractivity contribution in [1.29, 1.82) is 0 Å².